The number of carbonyl (C=O) groups excluding carboxylic acids is 12. The zero-order valence-corrected chi connectivity index (χ0v) is 56.6. The van der Waals surface area contributed by atoms with Crippen LogP contribution in [0.2, 0.25) is 0 Å². The molecule has 2 aliphatic heterocycles. The van der Waals surface area contributed by atoms with Crippen LogP contribution in [0.4, 0.5) is 0 Å². The molecule has 26 nitrogen and oxygen atoms in total. The minimum absolute atomic E-state index is 0.0342. The Bertz CT molecular complexity index is 2910. The molecule has 510 valence electrons. The highest BCUT2D eigenvalue weighted by Gasteiger charge is 2.51. The van der Waals surface area contributed by atoms with Crippen LogP contribution in [0.1, 0.15) is 133 Å². The molecule has 0 unspecified atom stereocenters. The van der Waals surface area contributed by atoms with Crippen molar-refractivity contribution in [2.75, 3.05) is 47.9 Å². The molecule has 0 spiro atoms. The topological polar surface area (TPSA) is 340 Å². The first-order chi connectivity index (χ1) is 43.0. The Hall–Kier alpha value is -8.00. The number of nitrogens with zero attached hydrogens (tertiary/aromatic N) is 6. The highest BCUT2D eigenvalue weighted by molar-refractivity contribution is 6.00. The second kappa shape index (κ2) is 34.6. The van der Waals surface area contributed by atoms with Crippen molar-refractivity contribution in [2.45, 2.75) is 213 Å². The van der Waals surface area contributed by atoms with Crippen LogP contribution < -0.4 is 32.3 Å². The van der Waals surface area contributed by atoms with E-state index in [4.69, 9.17) is 10.5 Å². The van der Waals surface area contributed by atoms with Gasteiger partial charge in [-0.3, -0.25) is 57.5 Å². The summed E-state index contributed by atoms with van der Waals surface area (Å²) in [6.45, 7) is 19.9. The fourth-order valence-electron chi connectivity index (χ4n) is 11.3. The van der Waals surface area contributed by atoms with E-state index in [1.54, 1.807) is 71.0 Å². The summed E-state index contributed by atoms with van der Waals surface area (Å²) >= 11 is 0. The van der Waals surface area contributed by atoms with Gasteiger partial charge in [-0.1, -0.05) is 95.3 Å². The number of nitrogens with one attached hydrogen (secondary N) is 5. The van der Waals surface area contributed by atoms with E-state index < -0.39 is 156 Å². The van der Waals surface area contributed by atoms with Crippen LogP contribution in [-0.4, -0.2) is 231 Å². The van der Waals surface area contributed by atoms with Crippen LogP contribution in [0.3, 0.4) is 0 Å². The van der Waals surface area contributed by atoms with Gasteiger partial charge in [0.15, 0.2) is 0 Å². The van der Waals surface area contributed by atoms with Crippen molar-refractivity contribution < 1.29 is 67.4 Å². The molecule has 4 rings (SSSR count). The summed E-state index contributed by atoms with van der Waals surface area (Å²) in [6.07, 6.45) is -0.123. The van der Waals surface area contributed by atoms with E-state index in [-0.39, 0.29) is 57.1 Å². The molecule has 8 N–H and O–H groups in total. The van der Waals surface area contributed by atoms with Crippen molar-refractivity contribution in [1.82, 2.24) is 56.0 Å². The number of hydrogen-bond acceptors (Lipinski definition) is 14. The van der Waals surface area contributed by atoms with Crippen molar-refractivity contribution in [1.29, 1.82) is 0 Å². The maximum atomic E-state index is 14.4. The number of aliphatic hydroxyl groups excluding tert-OH is 1. The Morgan fingerprint density at radius 1 is 0.663 bits per heavy atom. The van der Waals surface area contributed by atoms with Crippen LogP contribution in [0.5, 0.6) is 0 Å². The summed E-state index contributed by atoms with van der Waals surface area (Å²) in [6, 6.07) is 6.38. The van der Waals surface area contributed by atoms with Gasteiger partial charge in [0.05, 0.1) is 24.3 Å². The van der Waals surface area contributed by atoms with Gasteiger partial charge in [0.1, 0.15) is 61.0 Å². The number of likely N-dealkylation sites (N-methyl/N-ethyl adjacent to an activating group) is 4. The van der Waals surface area contributed by atoms with Crippen molar-refractivity contribution in [3.8, 4) is 0 Å². The van der Waals surface area contributed by atoms with E-state index in [1.165, 1.54) is 73.5 Å². The van der Waals surface area contributed by atoms with E-state index in [0.717, 1.165) is 16.0 Å². The molecule has 2 heterocycles. The smallest absolute Gasteiger partial charge is 0.248 e. The van der Waals surface area contributed by atoms with Gasteiger partial charge in [-0.25, -0.2) is 0 Å². The molecule has 0 radical (unpaired) electrons. The number of primary amides is 1. The fourth-order valence-corrected chi connectivity index (χ4v) is 11.3. The number of benzene rings is 2. The minimum Gasteiger partial charge on any atom is -0.391 e. The molecule has 2 fully saturated rings. The van der Waals surface area contributed by atoms with Gasteiger partial charge in [-0.2, -0.15) is 0 Å². The summed E-state index contributed by atoms with van der Waals surface area (Å²) in [4.78, 5) is 173. The number of likely N-dealkylation sites (tertiary alicyclic amines) is 2. The first kappa shape index (κ1) is 76.5. The molecule has 0 saturated carbocycles. The van der Waals surface area contributed by atoms with Crippen molar-refractivity contribution in [2.24, 2.45) is 17.6 Å². The number of amides is 12. The van der Waals surface area contributed by atoms with Gasteiger partial charge in [-0.05, 0) is 104 Å². The number of aliphatic hydroxyl groups is 1. The molecule has 2 aromatic rings. The maximum Gasteiger partial charge on any atom is 0.248 e. The Morgan fingerprint density at radius 2 is 1.21 bits per heavy atom. The zero-order valence-electron chi connectivity index (χ0n) is 56.6. The number of hydrogen-bond donors (Lipinski definition) is 7. The molecular formula is C66H102N12O14. The van der Waals surface area contributed by atoms with Crippen molar-refractivity contribution in [3.63, 3.8) is 0 Å². The molecule has 26 heteroatoms. The summed E-state index contributed by atoms with van der Waals surface area (Å²) in [7, 11) is 5.68. The van der Waals surface area contributed by atoms with Crippen molar-refractivity contribution >= 4 is 70.9 Å². The van der Waals surface area contributed by atoms with E-state index in [0.29, 0.717) is 19.3 Å². The summed E-state index contributed by atoms with van der Waals surface area (Å²) < 4.78 is 5.65. The van der Waals surface area contributed by atoms with Crippen LogP contribution in [0.15, 0.2) is 60.7 Å². The Balaban J connectivity index is 1.36. The number of rotatable bonds is 33. The Kier molecular flexibility index (Phi) is 28.8. The molecule has 12 amide bonds. The molecule has 0 aromatic heterocycles. The third-order valence-corrected chi connectivity index (χ3v) is 16.8. The van der Waals surface area contributed by atoms with E-state index in [2.05, 4.69) is 26.6 Å². The first-order valence-corrected chi connectivity index (χ1v) is 31.8. The average molecular weight is 1290 g/mol. The molecule has 2 saturated heterocycles. The number of carbonyl (C=O) groups is 12. The molecule has 12 atom stereocenters. The lowest BCUT2D eigenvalue weighted by Crippen LogP contribution is -2.72. The van der Waals surface area contributed by atoms with Gasteiger partial charge >= 0.3 is 0 Å². The van der Waals surface area contributed by atoms with Gasteiger partial charge in [0.2, 0.25) is 70.9 Å². The molecular weight excluding hydrogens is 1180 g/mol. The lowest BCUT2D eigenvalue weighted by Gasteiger charge is -2.50. The molecule has 92 heavy (non-hydrogen) atoms. The summed E-state index contributed by atoms with van der Waals surface area (Å²) in [5.41, 5.74) is 6.57. The highest BCUT2D eigenvalue weighted by Crippen LogP contribution is 2.28. The molecule has 2 aliphatic rings. The molecule has 2 aromatic carbocycles. The largest absolute Gasteiger partial charge is 0.391 e. The summed E-state index contributed by atoms with van der Waals surface area (Å²) in [5.74, 6) is -7.61. The Labute approximate surface area is 542 Å². The second-order valence-electron chi connectivity index (χ2n) is 26.4. The van der Waals surface area contributed by atoms with E-state index >= 15 is 0 Å². The lowest BCUT2D eigenvalue weighted by atomic mass is 9.90. The van der Waals surface area contributed by atoms with Gasteiger partial charge in [0, 0.05) is 60.0 Å². The number of β-lactam (4-membered cyclic amide) rings is 1. The highest BCUT2D eigenvalue weighted by atomic mass is 16.5. The van der Waals surface area contributed by atoms with Crippen molar-refractivity contribution in [3.05, 3.63) is 71.8 Å². The predicted molar refractivity (Wildman–Crippen MR) is 344 cm³/mol. The van der Waals surface area contributed by atoms with Gasteiger partial charge in [-0.15, -0.1) is 0 Å². The van der Waals surface area contributed by atoms with Crippen LogP contribution in [0, 0.1) is 11.8 Å². The predicted octanol–water partition coefficient (Wildman–Crippen LogP) is 1.04. The van der Waals surface area contributed by atoms with Crippen LogP contribution in [-0.2, 0) is 75.1 Å². The zero-order chi connectivity index (χ0) is 69.2. The van der Waals surface area contributed by atoms with Crippen LogP contribution in [0.25, 0.3) is 0 Å². The summed E-state index contributed by atoms with van der Waals surface area (Å²) in [5, 5.41) is 24.5. The number of nitrogens with two attached hydrogens (primary N) is 1. The normalized spacial score (nSPS) is 18.5. The van der Waals surface area contributed by atoms with Gasteiger partial charge < -0.3 is 71.6 Å². The maximum absolute atomic E-state index is 14.4. The third-order valence-electron chi connectivity index (χ3n) is 16.8. The quantitative estimate of drug-likeness (QED) is 0.0492. The standard InChI is InChI=1S/C66H102N12O14/c1-17-49-56(65(91)78(49)36-52(80)68-40(6)33-54(82)73(13)41(7)58(84)70-47(34-44-25-20-18-21-26-44)63(89)75(15)51(57(67)83)32-39(4)5)76(16)61(87)42(8)74(14)62(88)46(31-38(2)3)71-60(86)55(43(9)79)72-59(85)50-29-24-30-77(50)64(90)48(35-45-27-22-19-23-28-45)69-53(81)37-92-66(10,11)12/h18-23,25-28,38-43,46-51,55-56,79H,17,24,29-37H2,1-16H3,(H2,67,83)(H,68,80)(H,69,81)(H,70,84)(H,71,86)(H,72,85)/t40-,41+,42-,43+,46-,47-,48-,49-,50-,51-,55+,56-/m0/s1. The first-order valence-electron chi connectivity index (χ1n) is 31.8. The number of ether oxygens (including phenoxy) is 1. The fraction of sp³-hybridized carbons (Fsp3) is 0.636. The second-order valence-corrected chi connectivity index (χ2v) is 26.4. The molecule has 0 bridgehead atoms. The SMILES string of the molecule is CC[C@H]1[C@H](N(C)C(=O)[C@H](C)N(C)C(=O)[C@H](CC(C)C)NC(=O)[C@H](NC(=O)[C@@H]2CCCN2C(=O)[C@H](Cc2ccccc2)NC(=O)COC(C)(C)C)[C@@H](C)O)C(=O)N1CC(=O)N[C@@H](C)CC(=O)N(C)[C@H](C)C(=O)N[C@@H](Cc1ccccc1)C(=O)N(C)[C@@H](CC(C)C)C(N)=O. The van der Waals surface area contributed by atoms with E-state index in [1.807, 2.05) is 52.0 Å². The van der Waals surface area contributed by atoms with Gasteiger partial charge in [0.25, 0.3) is 0 Å². The van der Waals surface area contributed by atoms with Crippen LogP contribution >= 0.6 is 0 Å². The average Bonchev–Trinajstić information content (AvgIpc) is 0.858. The molecule has 0 aliphatic carbocycles. The Morgan fingerprint density at radius 3 is 1.73 bits per heavy atom. The lowest BCUT2D eigenvalue weighted by molar-refractivity contribution is -0.167. The minimum atomic E-state index is -1.59. The van der Waals surface area contributed by atoms with E-state index in [9.17, 15) is 62.6 Å². The monoisotopic (exact) mass is 1290 g/mol. The third kappa shape index (κ3) is 21.6.